The summed E-state index contributed by atoms with van der Waals surface area (Å²) in [7, 11) is -3.94. The van der Waals surface area contributed by atoms with E-state index >= 15 is 0 Å². The second-order valence-electron chi connectivity index (χ2n) is 8.99. The lowest BCUT2D eigenvalue weighted by Crippen LogP contribution is -2.42. The van der Waals surface area contributed by atoms with Gasteiger partial charge in [0.15, 0.2) is 0 Å². The highest BCUT2D eigenvalue weighted by Crippen LogP contribution is 2.28. The summed E-state index contributed by atoms with van der Waals surface area (Å²) < 4.78 is 28.0. The van der Waals surface area contributed by atoms with E-state index in [0.29, 0.717) is 17.3 Å². The van der Waals surface area contributed by atoms with E-state index in [1.165, 1.54) is 12.8 Å². The number of nitrogens with one attached hydrogen (secondary N) is 1. The SMILES string of the molecule is Cc1ccc(S(=O)(=O)N(CC(=O)NCCCN2CCC(C)CC2)c2ccc(C)c(Cl)c2)cc1. The molecule has 2 aromatic rings. The van der Waals surface area contributed by atoms with Gasteiger partial charge in [-0.2, -0.15) is 0 Å². The van der Waals surface area contributed by atoms with Crippen LogP contribution in [0, 0.1) is 19.8 Å². The van der Waals surface area contributed by atoms with Crippen LogP contribution in [0.15, 0.2) is 47.4 Å². The molecular formula is C25H34ClN3O3S. The number of likely N-dealkylation sites (tertiary alicyclic amines) is 1. The highest BCUT2D eigenvalue weighted by molar-refractivity contribution is 7.92. The molecule has 0 bridgehead atoms. The van der Waals surface area contributed by atoms with E-state index in [9.17, 15) is 13.2 Å². The molecule has 1 aliphatic heterocycles. The molecule has 180 valence electrons. The number of hydrogen-bond donors (Lipinski definition) is 1. The Hall–Kier alpha value is -2.09. The monoisotopic (exact) mass is 491 g/mol. The molecular weight excluding hydrogens is 458 g/mol. The number of hydrogen-bond acceptors (Lipinski definition) is 4. The van der Waals surface area contributed by atoms with Gasteiger partial charge in [0.1, 0.15) is 6.54 Å². The third-order valence-corrected chi connectivity index (χ3v) is 8.38. The second-order valence-corrected chi connectivity index (χ2v) is 11.3. The van der Waals surface area contributed by atoms with E-state index < -0.39 is 10.0 Å². The zero-order valence-electron chi connectivity index (χ0n) is 19.7. The molecule has 0 unspecified atom stereocenters. The zero-order valence-corrected chi connectivity index (χ0v) is 21.3. The summed E-state index contributed by atoms with van der Waals surface area (Å²) in [5.74, 6) is 0.451. The third kappa shape index (κ3) is 6.95. The quantitative estimate of drug-likeness (QED) is 0.528. The van der Waals surface area contributed by atoms with Crippen LogP contribution in [0.5, 0.6) is 0 Å². The molecule has 3 rings (SSSR count). The molecule has 33 heavy (non-hydrogen) atoms. The van der Waals surface area contributed by atoms with Crippen LogP contribution in [0.2, 0.25) is 5.02 Å². The van der Waals surface area contributed by atoms with Crippen molar-refractivity contribution in [3.63, 3.8) is 0 Å². The standard InChI is InChI=1S/C25H34ClN3O3S/c1-19-5-9-23(10-6-19)33(31,32)29(22-8-7-21(3)24(26)17-22)18-25(30)27-13-4-14-28-15-11-20(2)12-16-28/h5-10,17,20H,4,11-16,18H2,1-3H3,(H,27,30). The lowest BCUT2D eigenvalue weighted by molar-refractivity contribution is -0.119. The average molecular weight is 492 g/mol. The fourth-order valence-electron chi connectivity index (χ4n) is 3.89. The third-order valence-electron chi connectivity index (χ3n) is 6.19. The van der Waals surface area contributed by atoms with Crippen molar-refractivity contribution in [3.8, 4) is 0 Å². The summed E-state index contributed by atoms with van der Waals surface area (Å²) in [6.45, 7) is 9.38. The lowest BCUT2D eigenvalue weighted by atomic mass is 9.99. The smallest absolute Gasteiger partial charge is 0.264 e. The Morgan fingerprint density at radius 2 is 1.79 bits per heavy atom. The minimum atomic E-state index is -3.94. The number of rotatable bonds is 9. The molecule has 6 nitrogen and oxygen atoms in total. The first-order chi connectivity index (χ1) is 15.7. The van der Waals surface area contributed by atoms with Crippen molar-refractivity contribution in [1.29, 1.82) is 0 Å². The van der Waals surface area contributed by atoms with Crippen molar-refractivity contribution in [3.05, 3.63) is 58.6 Å². The van der Waals surface area contributed by atoms with E-state index in [2.05, 4.69) is 17.1 Å². The summed E-state index contributed by atoms with van der Waals surface area (Å²) in [5.41, 5.74) is 2.16. The predicted octanol–water partition coefficient (Wildman–Crippen LogP) is 4.39. The largest absolute Gasteiger partial charge is 0.354 e. The number of halogens is 1. The van der Waals surface area contributed by atoms with Gasteiger partial charge >= 0.3 is 0 Å². The number of nitrogens with zero attached hydrogens (tertiary/aromatic N) is 2. The van der Waals surface area contributed by atoms with Crippen LogP contribution in [0.25, 0.3) is 0 Å². The second kappa shape index (κ2) is 11.4. The first-order valence-electron chi connectivity index (χ1n) is 11.5. The Labute approximate surface area is 203 Å². The number of amides is 1. The number of benzene rings is 2. The van der Waals surface area contributed by atoms with Crippen LogP contribution in [-0.2, 0) is 14.8 Å². The molecule has 0 radical (unpaired) electrons. The van der Waals surface area contributed by atoms with Gasteiger partial charge in [-0.15, -0.1) is 0 Å². The molecule has 0 aliphatic carbocycles. The summed E-state index contributed by atoms with van der Waals surface area (Å²) in [5, 5.41) is 3.34. The Kier molecular flexibility index (Phi) is 8.79. The minimum Gasteiger partial charge on any atom is -0.354 e. The van der Waals surface area contributed by atoms with E-state index in [1.54, 1.807) is 42.5 Å². The van der Waals surface area contributed by atoms with Crippen molar-refractivity contribution in [2.24, 2.45) is 5.92 Å². The van der Waals surface area contributed by atoms with Gasteiger partial charge in [0.2, 0.25) is 5.91 Å². The molecule has 2 aromatic carbocycles. The topological polar surface area (TPSA) is 69.7 Å². The molecule has 0 saturated carbocycles. The van der Waals surface area contributed by atoms with Gasteiger partial charge < -0.3 is 10.2 Å². The first kappa shape index (κ1) is 25.5. The van der Waals surface area contributed by atoms with Crippen LogP contribution in [0.1, 0.15) is 37.3 Å². The maximum atomic E-state index is 13.4. The Morgan fingerprint density at radius 3 is 2.42 bits per heavy atom. The molecule has 0 aromatic heterocycles. The van der Waals surface area contributed by atoms with Crippen molar-refractivity contribution >= 4 is 33.2 Å². The van der Waals surface area contributed by atoms with Gasteiger partial charge in [0.25, 0.3) is 10.0 Å². The minimum absolute atomic E-state index is 0.136. The zero-order chi connectivity index (χ0) is 24.0. The van der Waals surface area contributed by atoms with Crippen LogP contribution < -0.4 is 9.62 Å². The maximum Gasteiger partial charge on any atom is 0.264 e. The van der Waals surface area contributed by atoms with Gasteiger partial charge in [-0.25, -0.2) is 8.42 Å². The molecule has 1 amide bonds. The molecule has 1 aliphatic rings. The van der Waals surface area contributed by atoms with Gasteiger partial charge in [0, 0.05) is 11.6 Å². The first-order valence-corrected chi connectivity index (χ1v) is 13.3. The summed E-state index contributed by atoms with van der Waals surface area (Å²) in [6.07, 6.45) is 3.27. The van der Waals surface area contributed by atoms with Crippen LogP contribution in [-0.4, -0.2) is 51.9 Å². The summed E-state index contributed by atoms with van der Waals surface area (Å²) >= 11 is 6.27. The molecule has 1 heterocycles. The highest BCUT2D eigenvalue weighted by Gasteiger charge is 2.27. The van der Waals surface area contributed by atoms with Gasteiger partial charge in [0.05, 0.1) is 10.6 Å². The average Bonchev–Trinajstić information content (AvgIpc) is 2.78. The summed E-state index contributed by atoms with van der Waals surface area (Å²) in [4.78, 5) is 15.3. The molecule has 1 saturated heterocycles. The van der Waals surface area contributed by atoms with E-state index in [-0.39, 0.29) is 17.3 Å². The van der Waals surface area contributed by atoms with Crippen molar-refractivity contribution in [1.82, 2.24) is 10.2 Å². The van der Waals surface area contributed by atoms with Gasteiger partial charge in [-0.05, 0) is 88.5 Å². The summed E-state index contributed by atoms with van der Waals surface area (Å²) in [6, 6.07) is 11.6. The fraction of sp³-hybridized carbons (Fsp3) is 0.480. The number of aryl methyl sites for hydroxylation is 2. The molecule has 1 N–H and O–H groups in total. The van der Waals surface area contributed by atoms with E-state index in [0.717, 1.165) is 47.4 Å². The Bertz CT molecular complexity index is 1050. The fourth-order valence-corrected chi connectivity index (χ4v) is 5.48. The van der Waals surface area contributed by atoms with Crippen LogP contribution in [0.3, 0.4) is 0 Å². The van der Waals surface area contributed by atoms with E-state index in [1.807, 2.05) is 13.8 Å². The number of carbonyl (C=O) groups excluding carboxylic acids is 1. The number of anilines is 1. The molecule has 0 atom stereocenters. The highest BCUT2D eigenvalue weighted by atomic mass is 35.5. The number of carbonyl (C=O) groups is 1. The maximum absolute atomic E-state index is 13.4. The normalized spacial score (nSPS) is 15.4. The Balaban J connectivity index is 1.68. The molecule has 0 spiro atoms. The molecule has 8 heteroatoms. The Morgan fingerprint density at radius 1 is 1.12 bits per heavy atom. The number of sulfonamides is 1. The predicted molar refractivity (Wildman–Crippen MR) is 134 cm³/mol. The lowest BCUT2D eigenvalue weighted by Gasteiger charge is -2.30. The number of piperidine rings is 1. The van der Waals surface area contributed by atoms with Gasteiger partial charge in [-0.3, -0.25) is 9.10 Å². The van der Waals surface area contributed by atoms with Crippen LogP contribution >= 0.6 is 11.6 Å². The van der Waals surface area contributed by atoms with Crippen LogP contribution in [0.4, 0.5) is 5.69 Å². The van der Waals surface area contributed by atoms with Crippen molar-refractivity contribution < 1.29 is 13.2 Å². The van der Waals surface area contributed by atoms with Crippen molar-refractivity contribution in [2.75, 3.05) is 37.0 Å². The van der Waals surface area contributed by atoms with Gasteiger partial charge in [-0.1, -0.05) is 42.3 Å². The van der Waals surface area contributed by atoms with Crippen molar-refractivity contribution in [2.45, 2.75) is 44.9 Å². The molecule has 1 fully saturated rings. The van der Waals surface area contributed by atoms with E-state index in [4.69, 9.17) is 11.6 Å².